The number of thioether (sulfide) groups is 2. The van der Waals surface area contributed by atoms with Crippen LogP contribution in [-0.2, 0) is 29.9 Å². The lowest BCUT2D eigenvalue weighted by Gasteiger charge is -2.11. The maximum atomic E-state index is 13.3. The van der Waals surface area contributed by atoms with E-state index in [9.17, 15) is 31.1 Å². The van der Waals surface area contributed by atoms with Crippen molar-refractivity contribution in [2.75, 3.05) is 11.1 Å². The lowest BCUT2D eigenvalue weighted by molar-refractivity contribution is -0.141. The number of nitrogens with one attached hydrogen (secondary N) is 1. The van der Waals surface area contributed by atoms with Crippen molar-refractivity contribution in [3.05, 3.63) is 71.7 Å². The second kappa shape index (κ2) is 10.6. The Balaban J connectivity index is 1.41. The number of amides is 1. The first kappa shape index (κ1) is 26.8. The molecular weight excluding hydrogens is 540 g/mol. The highest BCUT2D eigenvalue weighted by Gasteiger charge is 2.33. The highest BCUT2D eigenvalue weighted by molar-refractivity contribution is 7.99. The number of carbonyl (C=O) groups excluding carboxylic acids is 1. The van der Waals surface area contributed by atoms with E-state index in [1.165, 1.54) is 18.2 Å². The number of para-hydroxylation sites is 1. The Kier molecular flexibility index (Phi) is 7.69. The van der Waals surface area contributed by atoms with E-state index in [0.29, 0.717) is 21.3 Å². The average Bonchev–Trinajstić information content (AvgIpc) is 3.19. The summed E-state index contributed by atoms with van der Waals surface area (Å²) in [6.07, 6.45) is -9.12. The van der Waals surface area contributed by atoms with Crippen molar-refractivity contribution in [1.82, 2.24) is 19.7 Å². The Hall–Kier alpha value is -3.26. The summed E-state index contributed by atoms with van der Waals surface area (Å²) in [7, 11) is 1.65. The molecule has 0 saturated carbocycles. The molecule has 6 nitrogen and oxygen atoms in total. The average molecular weight is 558 g/mol. The molecule has 4 rings (SSSR count). The van der Waals surface area contributed by atoms with Crippen LogP contribution in [-0.4, -0.2) is 31.4 Å². The number of alkyl halides is 6. The summed E-state index contributed by atoms with van der Waals surface area (Å²) in [5.41, 5.74) is -1.63. The molecule has 0 radical (unpaired) electrons. The predicted octanol–water partition coefficient (Wildman–Crippen LogP) is 6.42. The standard InChI is InChI=1S/C23H17F6N5OS2/c1-34-19(11-36-17-10-18(23(27,28)29)31-16-8-3-2-7-15(16)17)32-33-21(34)37-12-20(35)30-14-6-4-5-13(9-14)22(24,25)26/h2-10H,11-12H2,1H3,(H,30,35). The van der Waals surface area contributed by atoms with Gasteiger partial charge in [-0.15, -0.1) is 22.0 Å². The molecule has 4 aromatic rings. The third-order valence-corrected chi connectivity index (χ3v) is 7.13. The highest BCUT2D eigenvalue weighted by Crippen LogP contribution is 2.36. The molecule has 194 valence electrons. The molecule has 0 spiro atoms. The molecule has 2 aromatic carbocycles. The zero-order chi connectivity index (χ0) is 26.8. The van der Waals surface area contributed by atoms with Gasteiger partial charge in [0.05, 0.1) is 22.6 Å². The van der Waals surface area contributed by atoms with Crippen LogP contribution < -0.4 is 5.32 Å². The number of hydrogen-bond acceptors (Lipinski definition) is 6. The van der Waals surface area contributed by atoms with Gasteiger partial charge in [0.25, 0.3) is 0 Å². The minimum atomic E-state index is -4.59. The molecule has 0 saturated heterocycles. The molecule has 0 bridgehead atoms. The molecule has 37 heavy (non-hydrogen) atoms. The van der Waals surface area contributed by atoms with E-state index in [1.54, 1.807) is 29.8 Å². The minimum Gasteiger partial charge on any atom is -0.325 e. The number of hydrogen-bond donors (Lipinski definition) is 1. The van der Waals surface area contributed by atoms with Gasteiger partial charge in [0.2, 0.25) is 5.91 Å². The lowest BCUT2D eigenvalue weighted by Crippen LogP contribution is -2.15. The zero-order valence-corrected chi connectivity index (χ0v) is 20.5. The fourth-order valence-electron chi connectivity index (χ4n) is 3.25. The molecular formula is C23H17F6N5OS2. The number of fused-ring (bicyclic) bond motifs is 1. The van der Waals surface area contributed by atoms with E-state index < -0.39 is 29.5 Å². The minimum absolute atomic E-state index is 0.0123. The van der Waals surface area contributed by atoms with Crippen molar-refractivity contribution in [2.24, 2.45) is 7.05 Å². The van der Waals surface area contributed by atoms with Crippen molar-refractivity contribution in [3.8, 4) is 0 Å². The van der Waals surface area contributed by atoms with Crippen LogP contribution in [0.15, 0.2) is 64.6 Å². The Labute approximate surface area is 214 Å². The number of aromatic nitrogens is 4. The first-order valence-corrected chi connectivity index (χ1v) is 12.5. The van der Waals surface area contributed by atoms with Crippen LogP contribution in [0, 0.1) is 0 Å². The quantitative estimate of drug-likeness (QED) is 0.209. The number of carbonyl (C=O) groups is 1. The molecule has 0 aliphatic heterocycles. The number of benzene rings is 2. The second-order valence-corrected chi connectivity index (χ2v) is 9.64. The van der Waals surface area contributed by atoms with Gasteiger partial charge in [0.15, 0.2) is 5.16 Å². The smallest absolute Gasteiger partial charge is 0.325 e. The summed E-state index contributed by atoms with van der Waals surface area (Å²) < 4.78 is 80.1. The molecule has 2 heterocycles. The third kappa shape index (κ3) is 6.55. The van der Waals surface area contributed by atoms with Crippen LogP contribution in [0.2, 0.25) is 0 Å². The van der Waals surface area contributed by atoms with Crippen molar-refractivity contribution in [3.63, 3.8) is 0 Å². The summed E-state index contributed by atoms with van der Waals surface area (Å²) >= 11 is 2.17. The maximum Gasteiger partial charge on any atom is 0.433 e. The molecule has 1 amide bonds. The van der Waals surface area contributed by atoms with Gasteiger partial charge in [-0.2, -0.15) is 26.3 Å². The first-order chi connectivity index (χ1) is 17.4. The summed E-state index contributed by atoms with van der Waals surface area (Å²) in [6.45, 7) is 0. The number of halogens is 6. The van der Waals surface area contributed by atoms with Crippen LogP contribution in [0.5, 0.6) is 0 Å². The Bertz CT molecular complexity index is 1440. The fourth-order valence-corrected chi connectivity index (χ4v) is 5.04. The Morgan fingerprint density at radius 3 is 2.43 bits per heavy atom. The lowest BCUT2D eigenvalue weighted by atomic mass is 10.2. The van der Waals surface area contributed by atoms with Gasteiger partial charge in [-0.25, -0.2) is 4.98 Å². The number of rotatable bonds is 7. The van der Waals surface area contributed by atoms with Gasteiger partial charge in [0, 0.05) is 23.0 Å². The van der Waals surface area contributed by atoms with Crippen molar-refractivity contribution in [2.45, 2.75) is 28.2 Å². The van der Waals surface area contributed by atoms with Crippen LogP contribution in [0.1, 0.15) is 17.1 Å². The monoisotopic (exact) mass is 557 g/mol. The van der Waals surface area contributed by atoms with Crippen molar-refractivity contribution < 1.29 is 31.1 Å². The van der Waals surface area contributed by atoms with Gasteiger partial charge in [-0.1, -0.05) is 36.0 Å². The molecule has 0 unspecified atom stereocenters. The second-order valence-electron chi connectivity index (χ2n) is 7.68. The predicted molar refractivity (Wildman–Crippen MR) is 128 cm³/mol. The maximum absolute atomic E-state index is 13.3. The molecule has 1 N–H and O–H groups in total. The van der Waals surface area contributed by atoms with Gasteiger partial charge in [0.1, 0.15) is 11.5 Å². The topological polar surface area (TPSA) is 72.7 Å². The van der Waals surface area contributed by atoms with Gasteiger partial charge >= 0.3 is 12.4 Å². The zero-order valence-electron chi connectivity index (χ0n) is 18.9. The summed E-state index contributed by atoms with van der Waals surface area (Å²) in [5.74, 6) is -0.0168. The van der Waals surface area contributed by atoms with E-state index in [4.69, 9.17) is 0 Å². The van der Waals surface area contributed by atoms with Crippen LogP contribution in [0.3, 0.4) is 0 Å². The number of pyridine rings is 1. The van der Waals surface area contributed by atoms with Gasteiger partial charge < -0.3 is 9.88 Å². The van der Waals surface area contributed by atoms with Crippen LogP contribution in [0.25, 0.3) is 10.9 Å². The highest BCUT2D eigenvalue weighted by atomic mass is 32.2. The van der Waals surface area contributed by atoms with Gasteiger partial charge in [-0.3, -0.25) is 4.79 Å². The third-order valence-electron chi connectivity index (χ3n) is 5.06. The van der Waals surface area contributed by atoms with E-state index in [2.05, 4.69) is 20.5 Å². The summed E-state index contributed by atoms with van der Waals surface area (Å²) in [6, 6.07) is 11.8. The molecule has 0 aliphatic rings. The van der Waals surface area contributed by atoms with Crippen molar-refractivity contribution >= 4 is 46.0 Å². The van der Waals surface area contributed by atoms with Gasteiger partial charge in [-0.05, 0) is 30.3 Å². The molecule has 0 atom stereocenters. The van der Waals surface area contributed by atoms with E-state index >= 15 is 0 Å². The Morgan fingerprint density at radius 2 is 1.70 bits per heavy atom. The molecule has 14 heteroatoms. The van der Waals surface area contributed by atoms with E-state index in [1.807, 2.05) is 0 Å². The molecule has 0 aliphatic carbocycles. The molecule has 0 fully saturated rings. The van der Waals surface area contributed by atoms with Crippen LogP contribution >= 0.6 is 23.5 Å². The van der Waals surface area contributed by atoms with E-state index in [0.717, 1.165) is 41.7 Å². The number of nitrogens with zero attached hydrogens (tertiary/aromatic N) is 4. The van der Waals surface area contributed by atoms with Crippen molar-refractivity contribution in [1.29, 1.82) is 0 Å². The Morgan fingerprint density at radius 1 is 0.946 bits per heavy atom. The molecule has 2 aromatic heterocycles. The van der Waals surface area contributed by atoms with Crippen LogP contribution in [0.4, 0.5) is 32.0 Å². The fraction of sp³-hybridized carbons (Fsp3) is 0.217. The summed E-state index contributed by atoms with van der Waals surface area (Å²) in [5, 5.41) is 11.4. The number of anilines is 1. The largest absolute Gasteiger partial charge is 0.433 e. The SMILES string of the molecule is Cn1c(CSc2cc(C(F)(F)F)nc3ccccc23)nnc1SCC(=O)Nc1cccc(C(F)(F)F)c1. The summed E-state index contributed by atoms with van der Waals surface area (Å²) in [4.78, 5) is 16.3. The normalized spacial score (nSPS) is 12.2. The first-order valence-electron chi connectivity index (χ1n) is 10.5. The van der Waals surface area contributed by atoms with E-state index in [-0.39, 0.29) is 22.7 Å².